The van der Waals surface area contributed by atoms with Crippen LogP contribution in [0.3, 0.4) is 0 Å². The zero-order chi connectivity index (χ0) is 14.5. The van der Waals surface area contributed by atoms with Crippen molar-refractivity contribution in [1.29, 1.82) is 0 Å². The largest absolute Gasteiger partial charge is 0.382 e. The molecule has 2 nitrogen and oxygen atoms in total. The van der Waals surface area contributed by atoms with Gasteiger partial charge in [0, 0.05) is 18.3 Å². The van der Waals surface area contributed by atoms with Gasteiger partial charge in [-0.3, -0.25) is 0 Å². The van der Waals surface area contributed by atoms with E-state index in [0.717, 1.165) is 12.2 Å². The van der Waals surface area contributed by atoms with Gasteiger partial charge >= 0.3 is 0 Å². The van der Waals surface area contributed by atoms with Crippen molar-refractivity contribution >= 4 is 17.3 Å². The second-order valence-corrected chi connectivity index (χ2v) is 6.17. The number of hydrogen-bond acceptors (Lipinski definition) is 2. The van der Waals surface area contributed by atoms with Crippen LogP contribution in [0.25, 0.3) is 0 Å². The van der Waals surface area contributed by atoms with Crippen LogP contribution in [-0.4, -0.2) is 30.6 Å². The first-order valence-electron chi connectivity index (χ1n) is 7.54. The third kappa shape index (κ3) is 4.10. The Bertz CT molecular complexity index is 436. The van der Waals surface area contributed by atoms with Crippen LogP contribution >= 0.6 is 11.6 Å². The summed E-state index contributed by atoms with van der Waals surface area (Å²) < 4.78 is 13.2. The lowest BCUT2D eigenvalue weighted by molar-refractivity contribution is 0.165. The highest BCUT2D eigenvalue weighted by Gasteiger charge is 2.24. The Labute approximate surface area is 126 Å². The van der Waals surface area contributed by atoms with Gasteiger partial charge in [0.05, 0.1) is 5.02 Å². The number of nitrogens with zero attached hydrogens (tertiary/aromatic N) is 1. The van der Waals surface area contributed by atoms with Gasteiger partial charge in [-0.15, -0.1) is 0 Å². The summed E-state index contributed by atoms with van der Waals surface area (Å²) in [4.78, 5) is 2.55. The molecule has 0 spiro atoms. The maximum atomic E-state index is 13.2. The summed E-state index contributed by atoms with van der Waals surface area (Å²) in [6.07, 6.45) is 3.73. The van der Waals surface area contributed by atoms with Crippen LogP contribution in [0.1, 0.15) is 33.1 Å². The van der Waals surface area contributed by atoms with E-state index in [2.05, 4.69) is 24.1 Å². The average molecular weight is 299 g/mol. The van der Waals surface area contributed by atoms with Crippen molar-refractivity contribution < 1.29 is 4.39 Å². The molecule has 2 atom stereocenters. The van der Waals surface area contributed by atoms with Gasteiger partial charge in [-0.2, -0.15) is 0 Å². The molecule has 1 saturated heterocycles. The van der Waals surface area contributed by atoms with Crippen LogP contribution in [0.4, 0.5) is 10.1 Å². The minimum absolute atomic E-state index is 0.179. The van der Waals surface area contributed by atoms with E-state index < -0.39 is 0 Å². The summed E-state index contributed by atoms with van der Waals surface area (Å²) in [5.41, 5.74) is 0.900. The lowest BCUT2D eigenvalue weighted by atomic mass is 9.91. The predicted octanol–water partition coefficient (Wildman–Crippen LogP) is 4.40. The molecule has 0 radical (unpaired) electrons. The summed E-state index contributed by atoms with van der Waals surface area (Å²) in [6, 6.07) is 5.21. The summed E-state index contributed by atoms with van der Waals surface area (Å²) in [5, 5.41) is 3.64. The van der Waals surface area contributed by atoms with Gasteiger partial charge in [-0.1, -0.05) is 18.5 Å². The van der Waals surface area contributed by atoms with Crippen LogP contribution in [-0.2, 0) is 0 Å². The molecular formula is C16H24ClFN2. The quantitative estimate of drug-likeness (QED) is 0.866. The van der Waals surface area contributed by atoms with E-state index in [1.54, 1.807) is 12.1 Å². The fourth-order valence-electron chi connectivity index (χ4n) is 2.99. The average Bonchev–Trinajstić information content (AvgIpc) is 2.43. The Morgan fingerprint density at radius 3 is 3.00 bits per heavy atom. The number of hydrogen-bond donors (Lipinski definition) is 1. The number of piperidine rings is 1. The minimum atomic E-state index is -0.364. The van der Waals surface area contributed by atoms with E-state index >= 15 is 0 Å². The lowest BCUT2D eigenvalue weighted by Gasteiger charge is -2.36. The maximum Gasteiger partial charge on any atom is 0.141 e. The summed E-state index contributed by atoms with van der Waals surface area (Å²) in [7, 11) is 0. The molecule has 0 saturated carbocycles. The Kier molecular flexibility index (Phi) is 5.67. The fourth-order valence-corrected chi connectivity index (χ4v) is 3.17. The Morgan fingerprint density at radius 1 is 1.50 bits per heavy atom. The first-order valence-corrected chi connectivity index (χ1v) is 7.92. The third-order valence-corrected chi connectivity index (χ3v) is 4.39. The molecular weight excluding hydrogens is 275 g/mol. The molecule has 0 bridgehead atoms. The number of rotatable bonds is 5. The molecule has 0 aromatic heterocycles. The number of halogens is 2. The van der Waals surface area contributed by atoms with E-state index in [4.69, 9.17) is 11.6 Å². The minimum Gasteiger partial charge on any atom is -0.382 e. The van der Waals surface area contributed by atoms with E-state index in [-0.39, 0.29) is 10.8 Å². The van der Waals surface area contributed by atoms with Gasteiger partial charge in [0.15, 0.2) is 0 Å². The molecule has 0 aliphatic carbocycles. The molecule has 0 amide bonds. The smallest absolute Gasteiger partial charge is 0.141 e. The van der Waals surface area contributed by atoms with Crippen molar-refractivity contribution in [2.75, 3.05) is 25.0 Å². The van der Waals surface area contributed by atoms with Crippen molar-refractivity contribution in [3.63, 3.8) is 0 Å². The Hall–Kier alpha value is -0.800. The molecule has 4 heteroatoms. The maximum absolute atomic E-state index is 13.2. The number of anilines is 1. The van der Waals surface area contributed by atoms with Crippen LogP contribution in [0.15, 0.2) is 18.2 Å². The number of nitrogens with one attached hydrogen (secondary N) is 1. The molecule has 20 heavy (non-hydrogen) atoms. The van der Waals surface area contributed by atoms with Crippen LogP contribution < -0.4 is 5.32 Å². The van der Waals surface area contributed by atoms with Crippen LogP contribution in [0, 0.1) is 11.7 Å². The highest BCUT2D eigenvalue weighted by molar-refractivity contribution is 6.31. The number of benzene rings is 1. The van der Waals surface area contributed by atoms with Crippen molar-refractivity contribution in [1.82, 2.24) is 4.90 Å². The van der Waals surface area contributed by atoms with Gasteiger partial charge in [-0.05, 0) is 63.4 Å². The van der Waals surface area contributed by atoms with Gasteiger partial charge in [0.25, 0.3) is 0 Å². The summed E-state index contributed by atoms with van der Waals surface area (Å²) >= 11 is 5.82. The monoisotopic (exact) mass is 298 g/mol. The van der Waals surface area contributed by atoms with Crippen molar-refractivity contribution in [2.24, 2.45) is 5.92 Å². The summed E-state index contributed by atoms with van der Waals surface area (Å²) in [6.45, 7) is 7.99. The molecule has 1 heterocycles. The van der Waals surface area contributed by atoms with Gasteiger partial charge in [0.1, 0.15) is 5.82 Å². The summed E-state index contributed by atoms with van der Waals surface area (Å²) in [5.74, 6) is 0.274. The fraction of sp³-hybridized carbons (Fsp3) is 0.625. The standard InChI is InChI=1S/C16H24ClFN2/c1-3-8-20-9-4-5-13(11-20)12(2)19-14-6-7-16(18)15(17)10-14/h6-7,10,12-13,19H,3-5,8-9,11H2,1-2H3. The molecule has 112 valence electrons. The highest BCUT2D eigenvalue weighted by atomic mass is 35.5. The molecule has 1 aromatic carbocycles. The normalized spacial score (nSPS) is 21.7. The molecule has 1 aliphatic heterocycles. The van der Waals surface area contributed by atoms with Gasteiger partial charge < -0.3 is 10.2 Å². The third-order valence-electron chi connectivity index (χ3n) is 4.10. The Balaban J connectivity index is 1.93. The molecule has 2 unspecified atom stereocenters. The highest BCUT2D eigenvalue weighted by Crippen LogP contribution is 2.24. The van der Waals surface area contributed by atoms with E-state index in [1.807, 2.05) is 0 Å². The zero-order valence-corrected chi connectivity index (χ0v) is 13.1. The first kappa shape index (κ1) is 15.6. The Morgan fingerprint density at radius 2 is 2.30 bits per heavy atom. The number of likely N-dealkylation sites (tertiary alicyclic amines) is 1. The molecule has 1 aromatic rings. The lowest BCUT2D eigenvalue weighted by Crippen LogP contribution is -2.42. The van der Waals surface area contributed by atoms with Gasteiger partial charge in [-0.25, -0.2) is 4.39 Å². The van der Waals surface area contributed by atoms with E-state index in [0.29, 0.717) is 12.0 Å². The molecule has 2 rings (SSSR count). The van der Waals surface area contributed by atoms with Crippen molar-refractivity contribution in [2.45, 2.75) is 39.2 Å². The van der Waals surface area contributed by atoms with Crippen LogP contribution in [0.2, 0.25) is 5.02 Å². The topological polar surface area (TPSA) is 15.3 Å². The van der Waals surface area contributed by atoms with Crippen LogP contribution in [0.5, 0.6) is 0 Å². The van der Waals surface area contributed by atoms with E-state index in [9.17, 15) is 4.39 Å². The van der Waals surface area contributed by atoms with Crippen molar-refractivity contribution in [3.05, 3.63) is 29.0 Å². The second-order valence-electron chi connectivity index (χ2n) is 5.76. The van der Waals surface area contributed by atoms with Crippen molar-refractivity contribution in [3.8, 4) is 0 Å². The van der Waals surface area contributed by atoms with E-state index in [1.165, 1.54) is 38.4 Å². The molecule has 1 N–H and O–H groups in total. The molecule has 1 fully saturated rings. The van der Waals surface area contributed by atoms with Gasteiger partial charge in [0.2, 0.25) is 0 Å². The zero-order valence-electron chi connectivity index (χ0n) is 12.3. The second kappa shape index (κ2) is 7.28. The first-order chi connectivity index (χ1) is 9.60. The SMILES string of the molecule is CCCN1CCCC(C(C)Nc2ccc(F)c(Cl)c2)C1. The predicted molar refractivity (Wildman–Crippen MR) is 83.9 cm³/mol. The molecule has 1 aliphatic rings.